The number of thiophene rings is 1. The van der Waals surface area contributed by atoms with Gasteiger partial charge in [0.15, 0.2) is 0 Å². The van der Waals surface area contributed by atoms with Crippen LogP contribution >= 0.6 is 11.3 Å². The third-order valence-electron chi connectivity index (χ3n) is 4.80. The molecule has 0 saturated heterocycles. The minimum absolute atomic E-state index is 0.881. The number of rotatable bonds is 1. The van der Waals surface area contributed by atoms with E-state index in [4.69, 9.17) is 9.97 Å². The van der Waals surface area contributed by atoms with Crippen molar-refractivity contribution in [2.24, 2.45) is 0 Å². The fourth-order valence-electron chi connectivity index (χ4n) is 3.83. The summed E-state index contributed by atoms with van der Waals surface area (Å²) in [7, 11) is 0. The van der Waals surface area contributed by atoms with Crippen molar-refractivity contribution < 1.29 is 0 Å². The Labute approximate surface area is 133 Å². The molecule has 22 heavy (non-hydrogen) atoms. The predicted molar refractivity (Wildman–Crippen MR) is 91.3 cm³/mol. The van der Waals surface area contributed by atoms with E-state index >= 15 is 0 Å². The third kappa shape index (κ3) is 1.67. The van der Waals surface area contributed by atoms with Crippen LogP contribution in [0.1, 0.15) is 28.2 Å². The average Bonchev–Trinajstić information content (AvgIpc) is 3.19. The largest absolute Gasteiger partial charge is 0.325 e. The van der Waals surface area contributed by atoms with Crippen molar-refractivity contribution in [3.63, 3.8) is 0 Å². The van der Waals surface area contributed by atoms with Crippen LogP contribution in [-0.4, -0.2) is 16.5 Å². The predicted octanol–water partition coefficient (Wildman–Crippen LogP) is 4.18. The summed E-state index contributed by atoms with van der Waals surface area (Å²) in [6.45, 7) is 3.03. The Hall–Kier alpha value is -1.94. The SMILES string of the molecule is Cc1nc(N2CCc3ccccc32)c2c3c(sc2n1)CCC3. The summed E-state index contributed by atoms with van der Waals surface area (Å²) in [5, 5.41) is 1.32. The first kappa shape index (κ1) is 12.6. The number of nitrogens with zero attached hydrogens (tertiary/aromatic N) is 3. The highest BCUT2D eigenvalue weighted by molar-refractivity contribution is 7.19. The number of anilines is 2. The van der Waals surface area contributed by atoms with E-state index < -0.39 is 0 Å². The maximum atomic E-state index is 4.85. The van der Waals surface area contributed by atoms with Crippen LogP contribution in [0.5, 0.6) is 0 Å². The molecular weight excluding hydrogens is 290 g/mol. The summed E-state index contributed by atoms with van der Waals surface area (Å²) < 4.78 is 0. The summed E-state index contributed by atoms with van der Waals surface area (Å²) in [4.78, 5) is 14.7. The molecule has 0 spiro atoms. The minimum atomic E-state index is 0.881. The van der Waals surface area contributed by atoms with Gasteiger partial charge in [-0.2, -0.15) is 0 Å². The van der Waals surface area contributed by atoms with Gasteiger partial charge >= 0.3 is 0 Å². The maximum Gasteiger partial charge on any atom is 0.145 e. The van der Waals surface area contributed by atoms with Gasteiger partial charge in [0.05, 0.1) is 5.39 Å². The van der Waals surface area contributed by atoms with Crippen LogP contribution in [0.4, 0.5) is 11.5 Å². The molecule has 4 heteroatoms. The van der Waals surface area contributed by atoms with Crippen molar-refractivity contribution in [1.82, 2.24) is 9.97 Å². The molecule has 5 rings (SSSR count). The standard InChI is InChI=1S/C18H17N3S/c1-11-19-17(21-10-9-12-5-2-3-7-14(12)21)16-13-6-4-8-15(13)22-18(16)20-11/h2-3,5,7H,4,6,8-10H2,1H3. The molecule has 2 aromatic heterocycles. The van der Waals surface area contributed by atoms with E-state index in [1.54, 1.807) is 0 Å². The fraction of sp³-hybridized carbons (Fsp3) is 0.333. The van der Waals surface area contributed by atoms with Crippen molar-refractivity contribution >= 4 is 33.1 Å². The lowest BCUT2D eigenvalue weighted by atomic mass is 10.1. The van der Waals surface area contributed by atoms with Gasteiger partial charge in [-0.05, 0) is 49.8 Å². The fourth-order valence-corrected chi connectivity index (χ4v) is 5.14. The lowest BCUT2D eigenvalue weighted by molar-refractivity contribution is 0.914. The van der Waals surface area contributed by atoms with E-state index in [9.17, 15) is 0 Å². The van der Waals surface area contributed by atoms with E-state index in [0.29, 0.717) is 0 Å². The van der Waals surface area contributed by atoms with Crippen LogP contribution in [0.2, 0.25) is 0 Å². The molecular formula is C18H17N3S. The normalized spacial score (nSPS) is 16.3. The van der Waals surface area contributed by atoms with Gasteiger partial charge in [-0.25, -0.2) is 9.97 Å². The summed E-state index contributed by atoms with van der Waals surface area (Å²) in [5.74, 6) is 2.01. The van der Waals surface area contributed by atoms with Gasteiger partial charge in [-0.15, -0.1) is 11.3 Å². The number of fused-ring (bicyclic) bond motifs is 4. The van der Waals surface area contributed by atoms with Gasteiger partial charge in [-0.3, -0.25) is 0 Å². The highest BCUT2D eigenvalue weighted by Crippen LogP contribution is 2.43. The van der Waals surface area contributed by atoms with Crippen LogP contribution in [0.3, 0.4) is 0 Å². The van der Waals surface area contributed by atoms with Crippen LogP contribution in [-0.2, 0) is 19.3 Å². The molecule has 1 aromatic carbocycles. The quantitative estimate of drug-likeness (QED) is 0.675. The van der Waals surface area contributed by atoms with Gasteiger partial charge in [-0.1, -0.05) is 18.2 Å². The average molecular weight is 307 g/mol. The first-order valence-corrected chi connectivity index (χ1v) is 8.77. The van der Waals surface area contributed by atoms with E-state index in [2.05, 4.69) is 29.2 Å². The molecule has 0 N–H and O–H groups in total. The topological polar surface area (TPSA) is 29.0 Å². The smallest absolute Gasteiger partial charge is 0.145 e. The minimum Gasteiger partial charge on any atom is -0.325 e. The molecule has 0 amide bonds. The Bertz CT molecular complexity index is 897. The van der Waals surface area contributed by atoms with Crippen molar-refractivity contribution in [1.29, 1.82) is 0 Å². The second-order valence-electron chi connectivity index (χ2n) is 6.16. The number of aryl methyl sites for hydroxylation is 3. The summed E-state index contributed by atoms with van der Waals surface area (Å²) in [6.07, 6.45) is 4.78. The Morgan fingerprint density at radius 3 is 2.95 bits per heavy atom. The zero-order valence-corrected chi connectivity index (χ0v) is 13.4. The van der Waals surface area contributed by atoms with Crippen molar-refractivity contribution in [3.8, 4) is 0 Å². The number of hydrogen-bond acceptors (Lipinski definition) is 4. The van der Waals surface area contributed by atoms with E-state index in [1.807, 2.05) is 18.3 Å². The van der Waals surface area contributed by atoms with Gasteiger partial charge in [0.25, 0.3) is 0 Å². The van der Waals surface area contributed by atoms with Gasteiger partial charge in [0.2, 0.25) is 0 Å². The highest BCUT2D eigenvalue weighted by Gasteiger charge is 2.27. The number of hydrogen-bond donors (Lipinski definition) is 0. The molecule has 3 aromatic rings. The Morgan fingerprint density at radius 1 is 1.09 bits per heavy atom. The molecule has 110 valence electrons. The number of para-hydroxylation sites is 1. The van der Waals surface area contributed by atoms with Crippen LogP contribution in [0.15, 0.2) is 24.3 Å². The molecule has 1 aliphatic carbocycles. The highest BCUT2D eigenvalue weighted by atomic mass is 32.1. The molecule has 1 aliphatic heterocycles. The molecule has 0 bridgehead atoms. The molecule has 0 fully saturated rings. The maximum absolute atomic E-state index is 4.85. The molecule has 0 saturated carbocycles. The molecule has 0 unspecified atom stereocenters. The second-order valence-corrected chi connectivity index (χ2v) is 7.25. The van der Waals surface area contributed by atoms with Gasteiger partial charge in [0, 0.05) is 17.1 Å². The van der Waals surface area contributed by atoms with E-state index in [-0.39, 0.29) is 0 Å². The van der Waals surface area contributed by atoms with Crippen LogP contribution in [0, 0.1) is 6.92 Å². The van der Waals surface area contributed by atoms with Crippen molar-refractivity contribution in [2.75, 3.05) is 11.4 Å². The number of aromatic nitrogens is 2. The summed E-state index contributed by atoms with van der Waals surface area (Å²) in [5.41, 5.74) is 4.26. The Morgan fingerprint density at radius 2 is 2.00 bits per heavy atom. The third-order valence-corrected chi connectivity index (χ3v) is 5.99. The Kier molecular flexibility index (Phi) is 2.59. The molecule has 2 aliphatic rings. The zero-order valence-electron chi connectivity index (χ0n) is 12.6. The summed E-state index contributed by atoms with van der Waals surface area (Å²) in [6, 6.07) is 8.71. The van der Waals surface area contributed by atoms with Crippen LogP contribution < -0.4 is 4.90 Å². The molecule has 0 radical (unpaired) electrons. The Balaban J connectivity index is 1.78. The van der Waals surface area contributed by atoms with Gasteiger partial charge in [0.1, 0.15) is 16.5 Å². The number of benzene rings is 1. The van der Waals surface area contributed by atoms with E-state index in [1.165, 1.54) is 51.2 Å². The van der Waals surface area contributed by atoms with Gasteiger partial charge < -0.3 is 4.90 Å². The van der Waals surface area contributed by atoms with Crippen molar-refractivity contribution in [2.45, 2.75) is 32.6 Å². The second kappa shape index (κ2) is 4.53. The molecule has 3 nitrogen and oxygen atoms in total. The zero-order chi connectivity index (χ0) is 14.7. The lowest BCUT2D eigenvalue weighted by Gasteiger charge is -2.20. The first-order valence-electron chi connectivity index (χ1n) is 7.95. The van der Waals surface area contributed by atoms with Crippen molar-refractivity contribution in [3.05, 3.63) is 46.1 Å². The monoisotopic (exact) mass is 307 g/mol. The molecule has 3 heterocycles. The van der Waals surface area contributed by atoms with Crippen LogP contribution in [0.25, 0.3) is 10.2 Å². The van der Waals surface area contributed by atoms with E-state index in [0.717, 1.165) is 24.6 Å². The lowest BCUT2D eigenvalue weighted by Crippen LogP contribution is -2.16. The molecule has 0 atom stereocenters. The summed E-state index contributed by atoms with van der Waals surface area (Å²) >= 11 is 1.88. The first-order chi connectivity index (χ1) is 10.8.